The predicted molar refractivity (Wildman–Crippen MR) is 134 cm³/mol. The summed E-state index contributed by atoms with van der Waals surface area (Å²) in [4.78, 5) is 28.8. The van der Waals surface area contributed by atoms with Crippen molar-refractivity contribution < 1.29 is 9.59 Å². The van der Waals surface area contributed by atoms with Gasteiger partial charge in [-0.2, -0.15) is 0 Å². The molecule has 4 aromatic carbocycles. The van der Waals surface area contributed by atoms with E-state index in [1.807, 2.05) is 106 Å². The highest BCUT2D eigenvalue weighted by Gasteiger charge is 2.41. The molecule has 0 saturated carbocycles. The molecule has 33 heavy (non-hydrogen) atoms. The molecule has 5 rings (SSSR count). The quantitative estimate of drug-likeness (QED) is 0.393. The van der Waals surface area contributed by atoms with Crippen LogP contribution in [0.15, 0.2) is 90.6 Å². The van der Waals surface area contributed by atoms with E-state index >= 15 is 0 Å². The van der Waals surface area contributed by atoms with Gasteiger partial charge in [-0.05, 0) is 55.0 Å². The van der Waals surface area contributed by atoms with Gasteiger partial charge in [0.1, 0.15) is 5.70 Å². The van der Waals surface area contributed by atoms with Crippen molar-refractivity contribution in [1.82, 2.24) is 0 Å². The van der Waals surface area contributed by atoms with Crippen molar-refractivity contribution in [2.75, 3.05) is 10.2 Å². The molecule has 0 aliphatic carbocycles. The van der Waals surface area contributed by atoms with Crippen molar-refractivity contribution in [3.05, 3.63) is 113 Å². The first-order valence-corrected chi connectivity index (χ1v) is 11.0. The van der Waals surface area contributed by atoms with Crippen molar-refractivity contribution in [2.45, 2.75) is 20.8 Å². The number of fused-ring (bicyclic) bond motifs is 1. The summed E-state index contributed by atoms with van der Waals surface area (Å²) < 4.78 is 0. The van der Waals surface area contributed by atoms with Crippen LogP contribution >= 0.6 is 0 Å². The lowest BCUT2D eigenvalue weighted by atomic mass is 10.0. The summed E-state index contributed by atoms with van der Waals surface area (Å²) in [5.74, 6) is -0.669. The molecule has 1 heterocycles. The van der Waals surface area contributed by atoms with Crippen LogP contribution in [-0.2, 0) is 9.59 Å². The second kappa shape index (κ2) is 8.06. The van der Waals surface area contributed by atoms with Crippen LogP contribution in [-0.4, -0.2) is 11.8 Å². The molecular formula is C29H24N2O2. The molecule has 1 N–H and O–H groups in total. The maximum atomic E-state index is 13.8. The Labute approximate surface area is 193 Å². The van der Waals surface area contributed by atoms with E-state index in [2.05, 4.69) is 5.32 Å². The molecule has 0 spiro atoms. The minimum Gasteiger partial charge on any atom is -0.350 e. The summed E-state index contributed by atoms with van der Waals surface area (Å²) >= 11 is 0. The number of carbonyl (C=O) groups is 2. The minimum absolute atomic E-state index is 0.293. The van der Waals surface area contributed by atoms with Crippen molar-refractivity contribution >= 4 is 39.5 Å². The number of nitrogens with one attached hydrogen (secondary N) is 1. The highest BCUT2D eigenvalue weighted by atomic mass is 16.2. The molecule has 4 heteroatoms. The Kier molecular flexibility index (Phi) is 5.06. The maximum absolute atomic E-state index is 13.8. The van der Waals surface area contributed by atoms with E-state index in [-0.39, 0.29) is 11.8 Å². The molecule has 0 atom stereocenters. The Morgan fingerprint density at radius 1 is 0.697 bits per heavy atom. The zero-order valence-corrected chi connectivity index (χ0v) is 18.8. The Hall–Kier alpha value is -4.18. The van der Waals surface area contributed by atoms with Gasteiger partial charge in [0.05, 0.1) is 11.3 Å². The van der Waals surface area contributed by atoms with Gasteiger partial charge < -0.3 is 5.32 Å². The highest BCUT2D eigenvalue weighted by Crippen LogP contribution is 2.36. The third-order valence-electron chi connectivity index (χ3n) is 6.08. The molecule has 0 unspecified atom stereocenters. The van der Waals surface area contributed by atoms with Gasteiger partial charge in [-0.3, -0.25) is 9.59 Å². The SMILES string of the molecule is Cc1ccc(C2=C(Nc3cccc4ccccc34)C(=O)N(c3cc(C)ccc3C)C2=O)cc1. The topological polar surface area (TPSA) is 49.4 Å². The largest absolute Gasteiger partial charge is 0.350 e. The molecule has 2 amide bonds. The van der Waals surface area contributed by atoms with E-state index in [0.29, 0.717) is 17.0 Å². The number of carbonyl (C=O) groups excluding carboxylic acids is 2. The monoisotopic (exact) mass is 432 g/mol. The third-order valence-corrected chi connectivity index (χ3v) is 6.08. The molecule has 0 bridgehead atoms. The van der Waals surface area contributed by atoms with E-state index in [0.717, 1.165) is 38.7 Å². The van der Waals surface area contributed by atoms with Crippen LogP contribution in [0.25, 0.3) is 16.3 Å². The molecule has 0 radical (unpaired) electrons. The Morgan fingerprint density at radius 2 is 1.39 bits per heavy atom. The fourth-order valence-corrected chi connectivity index (χ4v) is 4.28. The fourth-order valence-electron chi connectivity index (χ4n) is 4.28. The number of imide groups is 1. The lowest BCUT2D eigenvalue weighted by Crippen LogP contribution is -2.33. The second-order valence-corrected chi connectivity index (χ2v) is 8.50. The van der Waals surface area contributed by atoms with Crippen LogP contribution in [0.5, 0.6) is 0 Å². The second-order valence-electron chi connectivity index (χ2n) is 8.50. The number of nitrogens with zero attached hydrogens (tertiary/aromatic N) is 1. The van der Waals surface area contributed by atoms with Gasteiger partial charge in [0.25, 0.3) is 11.8 Å². The van der Waals surface area contributed by atoms with E-state index in [4.69, 9.17) is 0 Å². The van der Waals surface area contributed by atoms with Gasteiger partial charge in [-0.25, -0.2) is 4.90 Å². The molecule has 4 aromatic rings. The Bertz CT molecular complexity index is 1440. The first kappa shape index (κ1) is 20.7. The summed E-state index contributed by atoms with van der Waals surface area (Å²) in [7, 11) is 0. The number of anilines is 2. The van der Waals surface area contributed by atoms with Crippen LogP contribution < -0.4 is 10.2 Å². The van der Waals surface area contributed by atoms with Crippen molar-refractivity contribution in [2.24, 2.45) is 0 Å². The van der Waals surface area contributed by atoms with Crippen molar-refractivity contribution in [1.29, 1.82) is 0 Å². The van der Waals surface area contributed by atoms with Crippen LogP contribution in [0.1, 0.15) is 22.3 Å². The summed E-state index contributed by atoms with van der Waals surface area (Å²) in [5, 5.41) is 5.37. The summed E-state index contributed by atoms with van der Waals surface area (Å²) in [6.07, 6.45) is 0. The summed E-state index contributed by atoms with van der Waals surface area (Å²) in [6, 6.07) is 27.4. The molecular weight excluding hydrogens is 408 g/mol. The first-order valence-electron chi connectivity index (χ1n) is 11.0. The fraction of sp³-hybridized carbons (Fsp3) is 0.103. The molecule has 0 aromatic heterocycles. The Morgan fingerprint density at radius 3 is 2.18 bits per heavy atom. The molecule has 4 nitrogen and oxygen atoms in total. The highest BCUT2D eigenvalue weighted by molar-refractivity contribution is 6.46. The zero-order chi connectivity index (χ0) is 23.1. The molecule has 162 valence electrons. The zero-order valence-electron chi connectivity index (χ0n) is 18.8. The average molecular weight is 433 g/mol. The predicted octanol–water partition coefficient (Wildman–Crippen LogP) is 6.16. The van der Waals surface area contributed by atoms with Gasteiger partial charge in [-0.1, -0.05) is 78.4 Å². The molecule has 1 aliphatic rings. The number of aryl methyl sites for hydroxylation is 3. The van der Waals surface area contributed by atoms with Gasteiger partial charge in [0.2, 0.25) is 0 Å². The van der Waals surface area contributed by atoms with Crippen molar-refractivity contribution in [3.8, 4) is 0 Å². The standard InChI is InChI=1S/C29H24N2O2/c1-18-12-15-22(16-13-18)26-27(30-24-10-6-8-21-7-4-5-9-23(21)24)29(33)31(28(26)32)25-17-19(2)11-14-20(25)3/h4-17,30H,1-3H3. The molecule has 0 fully saturated rings. The number of hydrogen-bond acceptors (Lipinski definition) is 3. The number of rotatable bonds is 4. The Balaban J connectivity index is 1.68. The van der Waals surface area contributed by atoms with Crippen LogP contribution in [0.4, 0.5) is 11.4 Å². The van der Waals surface area contributed by atoms with E-state index in [9.17, 15) is 9.59 Å². The lowest BCUT2D eigenvalue weighted by molar-refractivity contribution is -0.120. The normalized spacial score (nSPS) is 13.8. The number of hydrogen-bond donors (Lipinski definition) is 1. The van der Waals surface area contributed by atoms with Crippen LogP contribution in [0.2, 0.25) is 0 Å². The van der Waals surface area contributed by atoms with Gasteiger partial charge >= 0.3 is 0 Å². The van der Waals surface area contributed by atoms with E-state index in [1.54, 1.807) is 0 Å². The lowest BCUT2D eigenvalue weighted by Gasteiger charge is -2.18. The van der Waals surface area contributed by atoms with Crippen LogP contribution in [0, 0.1) is 20.8 Å². The smallest absolute Gasteiger partial charge is 0.282 e. The first-order chi connectivity index (χ1) is 15.9. The maximum Gasteiger partial charge on any atom is 0.282 e. The summed E-state index contributed by atoms with van der Waals surface area (Å²) in [6.45, 7) is 5.87. The average Bonchev–Trinajstić information content (AvgIpc) is 3.05. The van der Waals surface area contributed by atoms with Crippen LogP contribution in [0.3, 0.4) is 0 Å². The van der Waals surface area contributed by atoms with Gasteiger partial charge in [0, 0.05) is 11.1 Å². The third kappa shape index (κ3) is 3.60. The van der Waals surface area contributed by atoms with E-state index < -0.39 is 0 Å². The van der Waals surface area contributed by atoms with Gasteiger partial charge in [0.15, 0.2) is 0 Å². The molecule has 1 aliphatic heterocycles. The van der Waals surface area contributed by atoms with Gasteiger partial charge in [-0.15, -0.1) is 0 Å². The summed E-state index contributed by atoms with van der Waals surface area (Å²) in [5.41, 5.74) is 5.75. The minimum atomic E-state index is -0.350. The number of amides is 2. The number of benzene rings is 4. The van der Waals surface area contributed by atoms with Crippen molar-refractivity contribution in [3.63, 3.8) is 0 Å². The molecule has 0 saturated heterocycles. The van der Waals surface area contributed by atoms with E-state index in [1.165, 1.54) is 4.90 Å².